The standard InChI is InChI=1S/C18H13Cl2FN2O2/c19-14-2-1-3-15(17(14)20)23-18(25)13-9-22-16(24)8-12(13)10-4-6-11(21)7-5-10/h1-7,9,12H,8H2,(H,22,24)(H,23,25). The zero-order valence-corrected chi connectivity index (χ0v) is 14.4. The molecule has 0 fully saturated rings. The zero-order valence-electron chi connectivity index (χ0n) is 12.9. The van der Waals surface area contributed by atoms with Crippen molar-refractivity contribution in [2.45, 2.75) is 12.3 Å². The van der Waals surface area contributed by atoms with Crippen LogP contribution in [0.2, 0.25) is 10.0 Å². The summed E-state index contributed by atoms with van der Waals surface area (Å²) < 4.78 is 13.2. The van der Waals surface area contributed by atoms with Crippen LogP contribution in [0, 0.1) is 5.82 Å². The monoisotopic (exact) mass is 378 g/mol. The van der Waals surface area contributed by atoms with Gasteiger partial charge in [0, 0.05) is 24.1 Å². The summed E-state index contributed by atoms with van der Waals surface area (Å²) in [7, 11) is 0. The molecule has 1 heterocycles. The molecule has 1 unspecified atom stereocenters. The van der Waals surface area contributed by atoms with E-state index in [-0.39, 0.29) is 23.2 Å². The van der Waals surface area contributed by atoms with Gasteiger partial charge in [-0.15, -0.1) is 0 Å². The molecule has 7 heteroatoms. The third-order valence-corrected chi connectivity index (χ3v) is 4.71. The largest absolute Gasteiger partial charge is 0.332 e. The SMILES string of the molecule is O=C1CC(c2ccc(F)cc2)C(C(=O)Nc2cccc(Cl)c2Cl)=CN1. The smallest absolute Gasteiger partial charge is 0.253 e. The highest BCUT2D eigenvalue weighted by Crippen LogP contribution is 2.33. The third kappa shape index (κ3) is 3.83. The van der Waals surface area contributed by atoms with Crippen molar-refractivity contribution in [3.8, 4) is 0 Å². The molecule has 2 aromatic carbocycles. The van der Waals surface area contributed by atoms with Crippen molar-refractivity contribution in [3.05, 3.63) is 75.7 Å². The fourth-order valence-electron chi connectivity index (χ4n) is 2.62. The second kappa shape index (κ2) is 7.25. The molecule has 25 heavy (non-hydrogen) atoms. The first-order valence-corrected chi connectivity index (χ1v) is 8.21. The van der Waals surface area contributed by atoms with Gasteiger partial charge in [0.25, 0.3) is 5.91 Å². The number of hydrogen-bond donors (Lipinski definition) is 2. The van der Waals surface area contributed by atoms with Crippen molar-refractivity contribution >= 4 is 40.7 Å². The Morgan fingerprint density at radius 2 is 1.88 bits per heavy atom. The highest BCUT2D eigenvalue weighted by Gasteiger charge is 2.29. The first-order chi connectivity index (χ1) is 12.0. The van der Waals surface area contributed by atoms with Gasteiger partial charge in [-0.2, -0.15) is 0 Å². The Hall–Kier alpha value is -2.37. The topological polar surface area (TPSA) is 58.2 Å². The van der Waals surface area contributed by atoms with E-state index in [1.807, 2.05) is 0 Å². The van der Waals surface area contributed by atoms with Gasteiger partial charge in [0.2, 0.25) is 5.91 Å². The van der Waals surface area contributed by atoms with Gasteiger partial charge >= 0.3 is 0 Å². The fourth-order valence-corrected chi connectivity index (χ4v) is 2.97. The first kappa shape index (κ1) is 17.5. The summed E-state index contributed by atoms with van der Waals surface area (Å²) >= 11 is 12.0. The summed E-state index contributed by atoms with van der Waals surface area (Å²) in [6, 6.07) is 10.6. The minimum atomic E-state index is -0.479. The Labute approximate surface area is 153 Å². The van der Waals surface area contributed by atoms with Gasteiger partial charge in [-0.1, -0.05) is 41.4 Å². The molecule has 1 aliphatic heterocycles. The van der Waals surface area contributed by atoms with Gasteiger partial charge < -0.3 is 10.6 Å². The molecule has 2 aromatic rings. The summed E-state index contributed by atoms with van der Waals surface area (Å²) in [5.74, 6) is -1.50. The van der Waals surface area contributed by atoms with E-state index in [0.717, 1.165) is 0 Å². The maximum Gasteiger partial charge on any atom is 0.253 e. The number of halogens is 3. The molecule has 1 atom stereocenters. The van der Waals surface area contributed by atoms with Crippen molar-refractivity contribution < 1.29 is 14.0 Å². The van der Waals surface area contributed by atoms with E-state index in [9.17, 15) is 14.0 Å². The van der Waals surface area contributed by atoms with Crippen molar-refractivity contribution in [2.24, 2.45) is 0 Å². The molecule has 1 aliphatic rings. The van der Waals surface area contributed by atoms with E-state index in [1.165, 1.54) is 18.3 Å². The Morgan fingerprint density at radius 3 is 2.60 bits per heavy atom. The lowest BCUT2D eigenvalue weighted by atomic mass is 9.86. The molecule has 0 spiro atoms. The molecule has 2 N–H and O–H groups in total. The summed E-state index contributed by atoms with van der Waals surface area (Å²) in [5, 5.41) is 5.79. The molecule has 0 saturated carbocycles. The normalized spacial score (nSPS) is 16.8. The minimum Gasteiger partial charge on any atom is -0.332 e. The minimum absolute atomic E-state index is 0.0914. The highest BCUT2D eigenvalue weighted by atomic mass is 35.5. The highest BCUT2D eigenvalue weighted by molar-refractivity contribution is 6.44. The number of amides is 2. The predicted molar refractivity (Wildman–Crippen MR) is 95.1 cm³/mol. The van der Waals surface area contributed by atoms with Gasteiger partial charge in [-0.05, 0) is 29.8 Å². The summed E-state index contributed by atoms with van der Waals surface area (Å²) in [6.45, 7) is 0. The van der Waals surface area contributed by atoms with E-state index in [2.05, 4.69) is 10.6 Å². The van der Waals surface area contributed by atoms with Crippen LogP contribution in [0.15, 0.2) is 54.2 Å². The van der Waals surface area contributed by atoms with E-state index in [4.69, 9.17) is 23.2 Å². The lowest BCUT2D eigenvalue weighted by Crippen LogP contribution is -2.32. The van der Waals surface area contributed by atoms with E-state index in [0.29, 0.717) is 21.8 Å². The van der Waals surface area contributed by atoms with E-state index < -0.39 is 11.8 Å². The van der Waals surface area contributed by atoms with Crippen LogP contribution in [0.4, 0.5) is 10.1 Å². The fraction of sp³-hybridized carbons (Fsp3) is 0.111. The average Bonchev–Trinajstić information content (AvgIpc) is 2.59. The number of carbonyl (C=O) groups excluding carboxylic acids is 2. The van der Waals surface area contributed by atoms with Crippen molar-refractivity contribution in [3.63, 3.8) is 0 Å². The lowest BCUT2D eigenvalue weighted by molar-refractivity contribution is -0.121. The van der Waals surface area contributed by atoms with Crippen molar-refractivity contribution in [2.75, 3.05) is 5.32 Å². The Bertz CT molecular complexity index is 866. The van der Waals surface area contributed by atoms with Crippen LogP contribution in [-0.2, 0) is 9.59 Å². The molecule has 0 bridgehead atoms. The van der Waals surface area contributed by atoms with Gasteiger partial charge in [-0.3, -0.25) is 9.59 Å². The maximum absolute atomic E-state index is 13.2. The molecule has 4 nitrogen and oxygen atoms in total. The second-order valence-electron chi connectivity index (χ2n) is 5.53. The average molecular weight is 379 g/mol. The van der Waals surface area contributed by atoms with Crippen LogP contribution in [0.5, 0.6) is 0 Å². The Kier molecular flexibility index (Phi) is 5.06. The van der Waals surface area contributed by atoms with Crippen LogP contribution < -0.4 is 10.6 Å². The number of anilines is 1. The number of nitrogens with one attached hydrogen (secondary N) is 2. The second-order valence-corrected chi connectivity index (χ2v) is 6.32. The lowest BCUT2D eigenvalue weighted by Gasteiger charge is -2.24. The number of rotatable bonds is 3. The number of hydrogen-bond acceptors (Lipinski definition) is 2. The van der Waals surface area contributed by atoms with Gasteiger partial charge in [0.05, 0.1) is 15.7 Å². The Balaban J connectivity index is 1.89. The van der Waals surface area contributed by atoms with Crippen LogP contribution in [0.25, 0.3) is 0 Å². The molecular weight excluding hydrogens is 366 g/mol. The molecular formula is C18H13Cl2FN2O2. The third-order valence-electron chi connectivity index (χ3n) is 3.89. The first-order valence-electron chi connectivity index (χ1n) is 7.46. The van der Waals surface area contributed by atoms with Gasteiger partial charge in [0.1, 0.15) is 5.82 Å². The maximum atomic E-state index is 13.2. The molecule has 0 saturated heterocycles. The van der Waals surface area contributed by atoms with Crippen LogP contribution in [0.1, 0.15) is 17.9 Å². The zero-order chi connectivity index (χ0) is 18.0. The number of carbonyl (C=O) groups is 2. The summed E-state index contributed by atoms with van der Waals surface area (Å²) in [6.07, 6.45) is 1.46. The van der Waals surface area contributed by atoms with Crippen LogP contribution in [-0.4, -0.2) is 11.8 Å². The molecule has 0 aromatic heterocycles. The summed E-state index contributed by atoms with van der Waals surface area (Å²) in [5.41, 5.74) is 1.40. The predicted octanol–water partition coefficient (Wildman–Crippen LogP) is 4.26. The van der Waals surface area contributed by atoms with E-state index >= 15 is 0 Å². The molecule has 0 aliphatic carbocycles. The van der Waals surface area contributed by atoms with E-state index in [1.54, 1.807) is 30.3 Å². The Morgan fingerprint density at radius 1 is 1.16 bits per heavy atom. The van der Waals surface area contributed by atoms with Crippen LogP contribution >= 0.6 is 23.2 Å². The van der Waals surface area contributed by atoms with Crippen LogP contribution in [0.3, 0.4) is 0 Å². The van der Waals surface area contributed by atoms with Gasteiger partial charge in [0.15, 0.2) is 0 Å². The summed E-state index contributed by atoms with van der Waals surface area (Å²) in [4.78, 5) is 24.4. The molecule has 3 rings (SSSR count). The molecule has 0 radical (unpaired) electrons. The van der Waals surface area contributed by atoms with Gasteiger partial charge in [-0.25, -0.2) is 4.39 Å². The molecule has 128 valence electrons. The number of benzene rings is 2. The molecule has 2 amide bonds. The van der Waals surface area contributed by atoms with Crippen molar-refractivity contribution in [1.82, 2.24) is 5.32 Å². The van der Waals surface area contributed by atoms with Crippen molar-refractivity contribution in [1.29, 1.82) is 0 Å². The quantitative estimate of drug-likeness (QED) is 0.838.